The molecule has 296 valence electrons. The molecule has 0 aromatic heterocycles. The normalized spacial score (nSPS) is 24.1. The summed E-state index contributed by atoms with van der Waals surface area (Å²) in [5.74, 6) is -1.48. The number of nitrogens with zero attached hydrogens (tertiary/aromatic N) is 5. The van der Waals surface area contributed by atoms with Gasteiger partial charge < -0.3 is 15.1 Å². The molecule has 2 saturated heterocycles. The monoisotopic (exact) mass is 769 g/mol. The molecule has 3 aromatic rings. The highest BCUT2D eigenvalue weighted by molar-refractivity contribution is 6.23. The van der Waals surface area contributed by atoms with Crippen LogP contribution in [0.25, 0.3) is 0 Å². The quantitative estimate of drug-likeness (QED) is 0.297. The van der Waals surface area contributed by atoms with Gasteiger partial charge in [-0.3, -0.25) is 39.1 Å². The molecule has 5 aliphatic rings. The maximum absolute atomic E-state index is 13.6. The number of fused-ring (bicyclic) bond motifs is 2. The minimum absolute atomic E-state index is 0.0345. The Labute approximate surface area is 334 Å². The number of carbonyl (C=O) groups is 5. The Kier molecular flexibility index (Phi) is 9.51. The molecule has 1 saturated carbocycles. The van der Waals surface area contributed by atoms with Crippen LogP contribution in [0.2, 0.25) is 0 Å². The van der Waals surface area contributed by atoms with E-state index in [1.807, 2.05) is 43.3 Å². The predicted molar refractivity (Wildman–Crippen MR) is 216 cm³/mol. The summed E-state index contributed by atoms with van der Waals surface area (Å²) >= 11 is 0. The number of nitriles is 1. The molecule has 0 radical (unpaired) electrons. The minimum Gasteiger partial charge on any atom is -0.372 e. The van der Waals surface area contributed by atoms with Crippen LogP contribution in [-0.2, 0) is 22.7 Å². The van der Waals surface area contributed by atoms with Crippen molar-refractivity contribution in [3.8, 4) is 6.07 Å². The smallest absolute Gasteiger partial charge is 0.262 e. The van der Waals surface area contributed by atoms with Gasteiger partial charge in [0.2, 0.25) is 11.8 Å². The number of nitrogens with one attached hydrogen (secondary N) is 2. The molecule has 1 aliphatic carbocycles. The fourth-order valence-corrected chi connectivity index (χ4v) is 11.0. The van der Waals surface area contributed by atoms with Crippen LogP contribution in [0, 0.1) is 35.0 Å². The van der Waals surface area contributed by atoms with E-state index in [-0.39, 0.29) is 47.6 Å². The Hall–Kier alpha value is -5.54. The molecule has 3 fully saturated rings. The van der Waals surface area contributed by atoms with Crippen LogP contribution in [0.5, 0.6) is 0 Å². The Bertz CT molecular complexity index is 2170. The van der Waals surface area contributed by atoms with Gasteiger partial charge in [0, 0.05) is 86.0 Å². The van der Waals surface area contributed by atoms with E-state index < -0.39 is 23.8 Å². The number of piperidine rings is 2. The number of hydrogen-bond donors (Lipinski definition) is 2. The fraction of sp³-hybridized carbons (Fsp3) is 0.467. The second kappa shape index (κ2) is 14.1. The van der Waals surface area contributed by atoms with Crippen LogP contribution >= 0.6 is 0 Å². The van der Waals surface area contributed by atoms with E-state index in [2.05, 4.69) is 84.3 Å². The third-order valence-corrected chi connectivity index (χ3v) is 13.5. The van der Waals surface area contributed by atoms with E-state index in [0.717, 1.165) is 65.4 Å². The minimum atomic E-state index is -0.962. The van der Waals surface area contributed by atoms with E-state index >= 15 is 0 Å². The predicted octanol–water partition coefficient (Wildman–Crippen LogP) is 5.17. The molecule has 4 aliphatic heterocycles. The first kappa shape index (κ1) is 38.3. The van der Waals surface area contributed by atoms with Crippen LogP contribution in [0.1, 0.15) is 107 Å². The third kappa shape index (κ3) is 6.55. The first-order valence-electron chi connectivity index (χ1n) is 20.1. The summed E-state index contributed by atoms with van der Waals surface area (Å²) in [6.45, 7) is 15.0. The Morgan fingerprint density at radius 1 is 0.895 bits per heavy atom. The van der Waals surface area contributed by atoms with Gasteiger partial charge in [0.15, 0.2) is 0 Å². The molecule has 3 aromatic carbocycles. The lowest BCUT2D eigenvalue weighted by Gasteiger charge is -2.67. The average molecular weight is 770 g/mol. The Morgan fingerprint density at radius 3 is 2.07 bits per heavy atom. The van der Waals surface area contributed by atoms with Crippen LogP contribution in [-0.4, -0.2) is 84.1 Å². The van der Waals surface area contributed by atoms with Gasteiger partial charge >= 0.3 is 0 Å². The zero-order valence-electron chi connectivity index (χ0n) is 33.6. The molecular formula is C45H51N7O5. The highest BCUT2D eigenvalue weighted by atomic mass is 16.2. The lowest BCUT2D eigenvalue weighted by atomic mass is 9.47. The molecule has 2 N–H and O–H groups in total. The van der Waals surface area contributed by atoms with Crippen molar-refractivity contribution in [3.63, 3.8) is 0 Å². The maximum Gasteiger partial charge on any atom is 0.262 e. The van der Waals surface area contributed by atoms with Gasteiger partial charge in [0.25, 0.3) is 17.7 Å². The van der Waals surface area contributed by atoms with Crippen molar-refractivity contribution in [1.29, 1.82) is 5.26 Å². The van der Waals surface area contributed by atoms with Crippen molar-refractivity contribution >= 4 is 40.9 Å². The standard InChI is InChI=1S/C45H51N7O5/c1-26-19-33(12-9-29(26)22-46)49(6)43-44(2,3)42(45(43,4)5)48-38(54)28-7-10-32(11-8-28)51-17-15-27(16-18-51)23-50-24-30-20-34-35(21-31(30)25-50)41(57)52(40(34)56)36-13-14-37(53)47-39(36)55/h7-12,19-21,27,36,42-43H,13-18,23-25H2,1-6H3,(H,48,54)(H,47,53,55). The zero-order valence-corrected chi connectivity index (χ0v) is 33.6. The summed E-state index contributed by atoms with van der Waals surface area (Å²) in [5, 5.41) is 15.0. The van der Waals surface area contributed by atoms with Gasteiger partial charge in [-0.15, -0.1) is 0 Å². The molecule has 8 rings (SSSR count). The second-order valence-electron chi connectivity index (χ2n) is 17.9. The molecule has 1 unspecified atom stereocenters. The summed E-state index contributed by atoms with van der Waals surface area (Å²) in [6, 6.07) is 19.0. The average Bonchev–Trinajstić information content (AvgIpc) is 3.68. The molecule has 1 atom stereocenters. The molecule has 12 heteroatoms. The van der Waals surface area contributed by atoms with E-state index in [1.165, 1.54) is 0 Å². The van der Waals surface area contributed by atoms with Gasteiger partial charge in [-0.25, -0.2) is 0 Å². The van der Waals surface area contributed by atoms with Crippen LogP contribution in [0.15, 0.2) is 54.6 Å². The summed E-state index contributed by atoms with van der Waals surface area (Å²) in [4.78, 5) is 72.4. The molecule has 0 bridgehead atoms. The number of anilines is 2. The first-order chi connectivity index (χ1) is 27.1. The summed E-state index contributed by atoms with van der Waals surface area (Å²) < 4.78 is 0. The van der Waals surface area contributed by atoms with Crippen molar-refractivity contribution < 1.29 is 24.0 Å². The number of rotatable bonds is 8. The van der Waals surface area contributed by atoms with Crippen LogP contribution in [0.3, 0.4) is 0 Å². The highest BCUT2D eigenvalue weighted by Crippen LogP contribution is 2.57. The highest BCUT2D eigenvalue weighted by Gasteiger charge is 2.63. The number of imide groups is 2. The van der Waals surface area contributed by atoms with E-state index in [1.54, 1.807) is 0 Å². The van der Waals surface area contributed by atoms with E-state index in [0.29, 0.717) is 41.3 Å². The molecule has 4 heterocycles. The summed E-state index contributed by atoms with van der Waals surface area (Å²) in [7, 11) is 2.10. The zero-order chi connectivity index (χ0) is 40.6. The van der Waals surface area contributed by atoms with Gasteiger partial charge in [0.1, 0.15) is 6.04 Å². The van der Waals surface area contributed by atoms with Crippen molar-refractivity contribution in [2.75, 3.05) is 36.5 Å². The Morgan fingerprint density at radius 2 is 1.51 bits per heavy atom. The lowest BCUT2D eigenvalue weighted by molar-refractivity contribution is -0.136. The lowest BCUT2D eigenvalue weighted by Crippen LogP contribution is -2.77. The second-order valence-corrected chi connectivity index (χ2v) is 17.9. The fourth-order valence-electron chi connectivity index (χ4n) is 11.0. The third-order valence-electron chi connectivity index (χ3n) is 13.5. The largest absolute Gasteiger partial charge is 0.372 e. The van der Waals surface area contributed by atoms with E-state index in [4.69, 9.17) is 0 Å². The van der Waals surface area contributed by atoms with Crippen molar-refractivity contribution in [2.45, 2.75) is 91.5 Å². The molecule has 5 amide bonds. The van der Waals surface area contributed by atoms with Crippen molar-refractivity contribution in [3.05, 3.63) is 93.5 Å². The summed E-state index contributed by atoms with van der Waals surface area (Å²) in [6.07, 6.45) is 2.31. The van der Waals surface area contributed by atoms with Crippen molar-refractivity contribution in [2.24, 2.45) is 16.7 Å². The summed E-state index contributed by atoms with van der Waals surface area (Å²) in [5.41, 5.74) is 6.81. The van der Waals surface area contributed by atoms with Gasteiger partial charge in [-0.2, -0.15) is 5.26 Å². The molecular weight excluding hydrogens is 719 g/mol. The molecule has 0 spiro atoms. The number of amides is 5. The SMILES string of the molecule is Cc1cc(N(C)C2C(C)(C)C(NC(=O)c3ccc(N4CCC(CN5Cc6cc7c(cc6C5)C(=O)N(C5CCC(=O)NC5=O)C7=O)CC4)cc3)C2(C)C)ccc1C#N. The number of hydrogen-bond acceptors (Lipinski definition) is 9. The number of aryl methyl sites for hydroxylation is 1. The van der Waals surface area contributed by atoms with E-state index in [9.17, 15) is 29.2 Å². The van der Waals surface area contributed by atoms with Crippen LogP contribution < -0.4 is 20.4 Å². The maximum atomic E-state index is 13.6. The Balaban J connectivity index is 0.829. The molecule has 57 heavy (non-hydrogen) atoms. The van der Waals surface area contributed by atoms with Gasteiger partial charge in [-0.05, 0) is 103 Å². The number of benzene rings is 3. The van der Waals surface area contributed by atoms with Gasteiger partial charge in [-0.1, -0.05) is 27.7 Å². The first-order valence-corrected chi connectivity index (χ1v) is 20.1. The number of carbonyl (C=O) groups excluding carboxylic acids is 5. The topological polar surface area (TPSA) is 146 Å². The van der Waals surface area contributed by atoms with Crippen LogP contribution in [0.4, 0.5) is 11.4 Å². The van der Waals surface area contributed by atoms with Gasteiger partial charge in [0.05, 0.1) is 22.8 Å². The molecule has 12 nitrogen and oxygen atoms in total. The van der Waals surface area contributed by atoms with Crippen molar-refractivity contribution in [1.82, 2.24) is 20.4 Å².